The van der Waals surface area contributed by atoms with Crippen LogP contribution in [-0.2, 0) is 11.3 Å². The highest BCUT2D eigenvalue weighted by molar-refractivity contribution is 6.04. The second-order valence-electron chi connectivity index (χ2n) is 8.36. The van der Waals surface area contributed by atoms with E-state index in [4.69, 9.17) is 0 Å². The predicted molar refractivity (Wildman–Crippen MR) is 141 cm³/mol. The molecule has 3 N–H and O–H groups in total. The second-order valence-corrected chi connectivity index (χ2v) is 8.36. The molecule has 3 amide bonds. The molecule has 11 heteroatoms. The Bertz CT molecular complexity index is 1580. The molecule has 0 radical (unpaired) electrons. The highest BCUT2D eigenvalue weighted by atomic mass is 16.2. The number of carbonyl (C=O) groups is 3. The number of aromatic nitrogens is 5. The second kappa shape index (κ2) is 11.2. The third kappa shape index (κ3) is 5.90. The van der Waals surface area contributed by atoms with Gasteiger partial charge < -0.3 is 16.0 Å². The van der Waals surface area contributed by atoms with Crippen LogP contribution >= 0.6 is 0 Å². The topological polar surface area (TPSA) is 136 Å². The van der Waals surface area contributed by atoms with Gasteiger partial charge in [-0.3, -0.25) is 19.1 Å². The highest BCUT2D eigenvalue weighted by Gasteiger charge is 2.12. The lowest BCUT2D eigenvalue weighted by Crippen LogP contribution is -2.36. The molecule has 0 aliphatic rings. The average molecular weight is 509 g/mol. The minimum absolute atomic E-state index is 0.0210. The molecule has 190 valence electrons. The summed E-state index contributed by atoms with van der Waals surface area (Å²) in [7, 11) is 0. The highest BCUT2D eigenvalue weighted by Crippen LogP contribution is 2.19. The Balaban J connectivity index is 1.14. The molecule has 5 aromatic rings. The minimum atomic E-state index is -0.357. The van der Waals surface area contributed by atoms with Crippen molar-refractivity contribution in [2.45, 2.75) is 6.54 Å². The molecule has 0 bridgehead atoms. The standard InChI is InChI=1S/C27H24N8O3/c36-25(28-13-14-29-26(37)19-6-2-1-3-7-19)18-34-17-20-16-21(10-11-22(20)33-34)31-27(38)23-8-4-9-24(32-23)35-15-5-12-30-35/h1-12,15-17H,13-14,18H2,(H,28,36)(H,29,37)(H,31,38). The maximum atomic E-state index is 12.8. The summed E-state index contributed by atoms with van der Waals surface area (Å²) >= 11 is 0. The van der Waals surface area contributed by atoms with Crippen molar-refractivity contribution in [1.82, 2.24) is 35.2 Å². The van der Waals surface area contributed by atoms with Crippen LogP contribution in [-0.4, -0.2) is 55.4 Å². The van der Waals surface area contributed by atoms with Crippen molar-refractivity contribution in [2.24, 2.45) is 0 Å². The van der Waals surface area contributed by atoms with Crippen molar-refractivity contribution in [1.29, 1.82) is 0 Å². The first-order valence-electron chi connectivity index (χ1n) is 11.9. The average Bonchev–Trinajstić information content (AvgIpc) is 3.61. The number of anilines is 1. The summed E-state index contributed by atoms with van der Waals surface area (Å²) in [5.74, 6) is -0.244. The number of amides is 3. The third-order valence-electron chi connectivity index (χ3n) is 5.59. The zero-order valence-corrected chi connectivity index (χ0v) is 20.2. The van der Waals surface area contributed by atoms with Crippen LogP contribution in [0.25, 0.3) is 16.7 Å². The predicted octanol–water partition coefficient (Wildman–Crippen LogP) is 2.42. The Hall–Kier alpha value is -5.32. The molecular formula is C27H24N8O3. The van der Waals surface area contributed by atoms with E-state index in [1.54, 1.807) is 90.0 Å². The first kappa shape index (κ1) is 24.4. The number of hydrogen-bond acceptors (Lipinski definition) is 6. The maximum absolute atomic E-state index is 12.8. The Labute approximate surface area is 217 Å². The minimum Gasteiger partial charge on any atom is -0.353 e. The summed E-state index contributed by atoms with van der Waals surface area (Å²) in [5.41, 5.74) is 2.08. The van der Waals surface area contributed by atoms with Crippen LogP contribution in [0, 0.1) is 0 Å². The van der Waals surface area contributed by atoms with Gasteiger partial charge in [0.2, 0.25) is 5.91 Å². The summed E-state index contributed by atoms with van der Waals surface area (Å²) < 4.78 is 3.11. The summed E-state index contributed by atoms with van der Waals surface area (Å²) in [5, 5.41) is 17.7. The number of hydrogen-bond donors (Lipinski definition) is 3. The van der Waals surface area contributed by atoms with Crippen molar-refractivity contribution < 1.29 is 14.4 Å². The van der Waals surface area contributed by atoms with Crippen molar-refractivity contribution in [2.75, 3.05) is 18.4 Å². The van der Waals surface area contributed by atoms with Gasteiger partial charge in [-0.1, -0.05) is 24.3 Å². The lowest BCUT2D eigenvalue weighted by atomic mass is 10.2. The van der Waals surface area contributed by atoms with Gasteiger partial charge in [0.1, 0.15) is 12.2 Å². The molecule has 38 heavy (non-hydrogen) atoms. The lowest BCUT2D eigenvalue weighted by Gasteiger charge is -2.07. The van der Waals surface area contributed by atoms with E-state index in [1.165, 1.54) is 4.68 Å². The van der Waals surface area contributed by atoms with E-state index in [1.807, 2.05) is 6.07 Å². The monoisotopic (exact) mass is 508 g/mol. The number of pyridine rings is 1. The van der Waals surface area contributed by atoms with Gasteiger partial charge in [0.25, 0.3) is 11.8 Å². The molecule has 0 fully saturated rings. The van der Waals surface area contributed by atoms with E-state index in [0.29, 0.717) is 35.7 Å². The van der Waals surface area contributed by atoms with Gasteiger partial charge in [0.05, 0.1) is 5.52 Å². The van der Waals surface area contributed by atoms with Gasteiger partial charge in [-0.05, 0) is 48.5 Å². The summed E-state index contributed by atoms with van der Waals surface area (Å²) in [4.78, 5) is 41.5. The Morgan fingerprint density at radius 1 is 0.842 bits per heavy atom. The quantitative estimate of drug-likeness (QED) is 0.262. The van der Waals surface area contributed by atoms with Crippen LogP contribution in [0.3, 0.4) is 0 Å². The van der Waals surface area contributed by atoms with Crippen LogP contribution in [0.2, 0.25) is 0 Å². The molecule has 5 rings (SSSR count). The number of fused-ring (bicyclic) bond motifs is 1. The van der Waals surface area contributed by atoms with Gasteiger partial charge in [-0.15, -0.1) is 0 Å². The number of nitrogens with one attached hydrogen (secondary N) is 3. The van der Waals surface area contributed by atoms with Crippen molar-refractivity contribution >= 4 is 34.3 Å². The van der Waals surface area contributed by atoms with E-state index in [2.05, 4.69) is 31.1 Å². The zero-order valence-electron chi connectivity index (χ0n) is 20.2. The van der Waals surface area contributed by atoms with Gasteiger partial charge in [-0.25, -0.2) is 9.67 Å². The number of rotatable bonds is 9. The third-order valence-corrected chi connectivity index (χ3v) is 5.59. The lowest BCUT2D eigenvalue weighted by molar-refractivity contribution is -0.121. The van der Waals surface area contributed by atoms with E-state index in [9.17, 15) is 14.4 Å². The number of benzene rings is 2. The van der Waals surface area contributed by atoms with Crippen LogP contribution in [0.15, 0.2) is 91.4 Å². The molecule has 0 aliphatic carbocycles. The van der Waals surface area contributed by atoms with Crippen LogP contribution in [0.1, 0.15) is 20.8 Å². The van der Waals surface area contributed by atoms with E-state index >= 15 is 0 Å². The summed E-state index contributed by atoms with van der Waals surface area (Å²) in [6, 6.07) is 21.1. The Morgan fingerprint density at radius 3 is 2.50 bits per heavy atom. The van der Waals surface area contributed by atoms with Crippen molar-refractivity contribution in [3.63, 3.8) is 0 Å². The van der Waals surface area contributed by atoms with E-state index < -0.39 is 0 Å². The molecule has 2 aromatic carbocycles. The Kier molecular flexibility index (Phi) is 7.16. The van der Waals surface area contributed by atoms with Crippen LogP contribution < -0.4 is 16.0 Å². The van der Waals surface area contributed by atoms with Crippen LogP contribution in [0.4, 0.5) is 5.69 Å². The SMILES string of the molecule is O=C(Cn1cc2cc(NC(=O)c3cccc(-n4cccn4)n3)ccc2n1)NCCNC(=O)c1ccccc1. The molecule has 0 aliphatic heterocycles. The van der Waals surface area contributed by atoms with Crippen molar-refractivity contribution in [3.8, 4) is 5.82 Å². The molecular weight excluding hydrogens is 484 g/mol. The van der Waals surface area contributed by atoms with Gasteiger partial charge in [-0.2, -0.15) is 10.2 Å². The number of nitrogens with zero attached hydrogens (tertiary/aromatic N) is 5. The molecule has 11 nitrogen and oxygen atoms in total. The molecule has 0 saturated heterocycles. The maximum Gasteiger partial charge on any atom is 0.274 e. The van der Waals surface area contributed by atoms with Gasteiger partial charge in [0, 0.05) is 48.3 Å². The molecule has 0 saturated carbocycles. The molecule has 3 aromatic heterocycles. The molecule has 0 unspecified atom stereocenters. The fraction of sp³-hybridized carbons (Fsp3) is 0.111. The first-order chi connectivity index (χ1) is 18.5. The molecule has 3 heterocycles. The van der Waals surface area contributed by atoms with Gasteiger partial charge >= 0.3 is 0 Å². The van der Waals surface area contributed by atoms with E-state index in [0.717, 1.165) is 5.39 Å². The summed E-state index contributed by atoms with van der Waals surface area (Å²) in [6.45, 7) is 0.625. The van der Waals surface area contributed by atoms with Gasteiger partial charge in [0.15, 0.2) is 5.82 Å². The first-order valence-corrected chi connectivity index (χ1v) is 11.9. The Morgan fingerprint density at radius 2 is 1.68 bits per heavy atom. The normalized spacial score (nSPS) is 10.7. The summed E-state index contributed by atoms with van der Waals surface area (Å²) in [6.07, 6.45) is 5.12. The van der Waals surface area contributed by atoms with E-state index in [-0.39, 0.29) is 30.0 Å². The molecule has 0 atom stereocenters. The number of carbonyl (C=O) groups excluding carboxylic acids is 3. The van der Waals surface area contributed by atoms with Crippen molar-refractivity contribution in [3.05, 3.63) is 103 Å². The smallest absolute Gasteiger partial charge is 0.274 e. The van der Waals surface area contributed by atoms with Crippen LogP contribution in [0.5, 0.6) is 0 Å². The fourth-order valence-corrected chi connectivity index (χ4v) is 3.78. The zero-order chi connectivity index (χ0) is 26.3. The molecule has 0 spiro atoms. The largest absolute Gasteiger partial charge is 0.353 e. The fourth-order valence-electron chi connectivity index (χ4n) is 3.78.